The Labute approximate surface area is 475 Å². The number of esters is 4. The topological polar surface area (TPSA) is 149 Å². The zero-order chi connectivity index (χ0) is 58.1. The summed E-state index contributed by atoms with van der Waals surface area (Å²) in [6.07, 6.45) is 0. The molecule has 0 fully saturated rings. The predicted octanol–water partition coefficient (Wildman–Crippen LogP) is 13.5. The Hall–Kier alpha value is -8.40. The van der Waals surface area contributed by atoms with Gasteiger partial charge in [0.05, 0.1) is 52.9 Å². The minimum absolute atomic E-state index is 0.134. The maximum absolute atomic E-state index is 11.8. The largest absolute Gasteiger partial charge is 0.460 e. The van der Waals surface area contributed by atoms with Crippen LogP contribution in [0, 0.1) is 0 Å². The Morgan fingerprint density at radius 1 is 0.346 bits per heavy atom. The van der Waals surface area contributed by atoms with Crippen LogP contribution in [0.3, 0.4) is 0 Å². The monoisotopic (exact) mass is 1100 g/mol. The van der Waals surface area contributed by atoms with Crippen LogP contribution in [-0.2, 0) is 88.9 Å². The van der Waals surface area contributed by atoms with Gasteiger partial charge in [0.1, 0.15) is 26.4 Å². The van der Waals surface area contributed by atoms with Gasteiger partial charge in [0.2, 0.25) is 0 Å². The summed E-state index contributed by atoms with van der Waals surface area (Å²) in [7, 11) is 0. The van der Waals surface area contributed by atoms with Gasteiger partial charge in [0.25, 0.3) is 0 Å². The first-order valence-electron chi connectivity index (χ1n) is 26.8. The third-order valence-corrected chi connectivity index (χ3v) is 13.2. The second-order valence-electron chi connectivity index (χ2n) is 20.3. The molecule has 7 rings (SSSR count). The van der Waals surface area contributed by atoms with Crippen molar-refractivity contribution >= 4 is 58.0 Å². The van der Waals surface area contributed by atoms with Crippen molar-refractivity contribution in [1.29, 1.82) is 0 Å². The number of carbonyl (C=O) groups excluding carboxylic acids is 4. The molecule has 0 amide bonds. The molecule has 6 aromatic rings. The molecule has 0 saturated carbocycles. The van der Waals surface area contributed by atoms with Crippen molar-refractivity contribution in [2.45, 2.75) is 73.4 Å². The van der Waals surface area contributed by atoms with Gasteiger partial charge in [-0.3, -0.25) is 0 Å². The molecule has 0 bridgehead atoms. The summed E-state index contributed by atoms with van der Waals surface area (Å²) in [6, 6.07) is 46.2. The van der Waals surface area contributed by atoms with Crippen LogP contribution in [0.15, 0.2) is 182 Å². The van der Waals surface area contributed by atoms with E-state index in [1.807, 2.05) is 48.5 Å². The number of fused-ring (bicyclic) bond motifs is 3. The molecule has 6 aromatic carbocycles. The van der Waals surface area contributed by atoms with Gasteiger partial charge in [-0.25, -0.2) is 19.2 Å². The van der Waals surface area contributed by atoms with Crippen LogP contribution in [-0.4, -0.2) is 76.7 Å². The first-order valence-corrected chi connectivity index (χ1v) is 26.8. The summed E-state index contributed by atoms with van der Waals surface area (Å²) in [5.41, 5.74) is 15.1. The quantitative estimate of drug-likeness (QED) is 0.0182. The van der Waals surface area contributed by atoms with Crippen LogP contribution in [0.25, 0.3) is 11.1 Å². The van der Waals surface area contributed by atoms with E-state index in [1.165, 1.54) is 11.1 Å². The molecule has 0 unspecified atom stereocenters. The third-order valence-electron chi connectivity index (χ3n) is 13.2. The average molecular weight is 1100 g/mol. The Bertz CT molecular complexity index is 2840. The standard InChI is InChI=1S/C67H72N2O12/c1-45(2)63(70)78-35-31-74-41-49-11-19-53(20-12-49)68(54-21-13-50(14-22-54)42-75-32-36-79-64(71)46(3)4)57-27-29-59-60-30-28-58(40-62(60)67(9,10)61(59)39-57)69(55-23-15-51(16-24-55)43-76-33-37-80-65(72)47(5)6)56-25-17-52(18-26-56)44-77-34-38-81-66(73)48(7)8/h11-30,39-40H,1,3,5,7,31-38,41-44H2,2,4,6,8-10H3. The van der Waals surface area contributed by atoms with Crippen molar-refractivity contribution in [3.63, 3.8) is 0 Å². The van der Waals surface area contributed by atoms with Gasteiger partial charge in [-0.2, -0.15) is 0 Å². The van der Waals surface area contributed by atoms with Gasteiger partial charge in [-0.15, -0.1) is 0 Å². The molecule has 14 heteroatoms. The molecule has 0 spiro atoms. The number of benzene rings is 6. The summed E-state index contributed by atoms with van der Waals surface area (Å²) in [5, 5.41) is 0. The second-order valence-corrected chi connectivity index (χ2v) is 20.3. The fraction of sp³-hybridized carbons (Fsp3) is 0.284. The van der Waals surface area contributed by atoms with Crippen LogP contribution in [0.1, 0.15) is 74.9 Å². The van der Waals surface area contributed by atoms with Crippen LogP contribution < -0.4 is 9.80 Å². The van der Waals surface area contributed by atoms with Gasteiger partial charge in [0, 0.05) is 61.8 Å². The van der Waals surface area contributed by atoms with Gasteiger partial charge in [-0.05, 0) is 145 Å². The predicted molar refractivity (Wildman–Crippen MR) is 315 cm³/mol. The number of hydrogen-bond acceptors (Lipinski definition) is 14. The molecule has 0 atom stereocenters. The Morgan fingerprint density at radius 2 is 0.568 bits per heavy atom. The normalized spacial score (nSPS) is 11.9. The average Bonchev–Trinajstić information content (AvgIpc) is 2.82. The first kappa shape index (κ1) is 60.2. The Morgan fingerprint density at radius 3 is 0.790 bits per heavy atom. The summed E-state index contributed by atoms with van der Waals surface area (Å²) in [5.74, 6) is -1.77. The van der Waals surface area contributed by atoms with E-state index < -0.39 is 29.3 Å². The number of anilines is 6. The van der Waals surface area contributed by atoms with Gasteiger partial charge in [-0.1, -0.05) is 101 Å². The molecule has 0 heterocycles. The molecular weight excluding hydrogens is 1020 g/mol. The van der Waals surface area contributed by atoms with E-state index in [9.17, 15) is 19.2 Å². The van der Waals surface area contributed by atoms with Crippen LogP contribution in [0.4, 0.5) is 34.1 Å². The van der Waals surface area contributed by atoms with E-state index >= 15 is 0 Å². The van der Waals surface area contributed by atoms with Crippen molar-refractivity contribution in [1.82, 2.24) is 0 Å². The van der Waals surface area contributed by atoms with Crippen LogP contribution in [0.2, 0.25) is 0 Å². The van der Waals surface area contributed by atoms with E-state index in [2.05, 4.69) is 135 Å². The minimum Gasteiger partial charge on any atom is -0.460 e. The van der Waals surface area contributed by atoms with Gasteiger partial charge >= 0.3 is 23.9 Å². The van der Waals surface area contributed by atoms with Crippen molar-refractivity contribution < 1.29 is 57.1 Å². The highest BCUT2D eigenvalue weighted by Gasteiger charge is 2.37. The van der Waals surface area contributed by atoms with E-state index in [-0.39, 0.29) is 52.9 Å². The van der Waals surface area contributed by atoms with Crippen LogP contribution >= 0.6 is 0 Å². The maximum Gasteiger partial charge on any atom is 0.333 e. The molecule has 0 saturated heterocycles. The van der Waals surface area contributed by atoms with E-state index in [4.69, 9.17) is 37.9 Å². The lowest BCUT2D eigenvalue weighted by atomic mass is 9.82. The lowest BCUT2D eigenvalue weighted by Crippen LogP contribution is -2.18. The fourth-order valence-corrected chi connectivity index (χ4v) is 8.88. The van der Waals surface area contributed by atoms with E-state index in [0.717, 1.165) is 67.5 Å². The molecule has 81 heavy (non-hydrogen) atoms. The fourth-order valence-electron chi connectivity index (χ4n) is 8.88. The van der Waals surface area contributed by atoms with Crippen molar-refractivity contribution in [3.8, 4) is 11.1 Å². The highest BCUT2D eigenvalue weighted by atomic mass is 16.6. The number of ether oxygens (including phenoxy) is 8. The van der Waals surface area contributed by atoms with E-state index in [0.29, 0.717) is 48.7 Å². The minimum atomic E-state index is -0.443. The Balaban J connectivity index is 1.15. The SMILES string of the molecule is C=C(C)C(=O)OCCOCc1ccc(N(c2ccc(COCCOC(=O)C(=C)C)cc2)c2ccc3c(c2)C(C)(C)c2cc(N(c4ccc(COCCOC(=O)C(=C)C)cc4)c4ccc(COCCOC(=O)C(=C)C)cc4)ccc2-3)cc1. The van der Waals surface area contributed by atoms with Gasteiger partial charge < -0.3 is 47.7 Å². The highest BCUT2D eigenvalue weighted by molar-refractivity contribution is 5.90. The lowest BCUT2D eigenvalue weighted by molar-refractivity contribution is -0.141. The molecule has 0 N–H and O–H groups in total. The summed E-state index contributed by atoms with van der Waals surface area (Å²) in [6.45, 7) is 28.4. The molecule has 0 aromatic heterocycles. The maximum atomic E-state index is 11.8. The smallest absolute Gasteiger partial charge is 0.333 e. The lowest BCUT2D eigenvalue weighted by Gasteiger charge is -2.29. The zero-order valence-electron chi connectivity index (χ0n) is 47.3. The number of hydrogen-bond donors (Lipinski definition) is 0. The van der Waals surface area contributed by atoms with Gasteiger partial charge in [0.15, 0.2) is 0 Å². The molecule has 422 valence electrons. The van der Waals surface area contributed by atoms with Crippen molar-refractivity contribution in [2.75, 3.05) is 62.7 Å². The molecule has 0 radical (unpaired) electrons. The number of carbonyl (C=O) groups is 4. The number of nitrogens with zero attached hydrogens (tertiary/aromatic N) is 2. The van der Waals surface area contributed by atoms with E-state index in [1.54, 1.807) is 27.7 Å². The summed E-state index contributed by atoms with van der Waals surface area (Å²) in [4.78, 5) is 51.8. The number of rotatable bonds is 30. The molecule has 0 aliphatic heterocycles. The zero-order valence-corrected chi connectivity index (χ0v) is 47.3. The molecule has 14 nitrogen and oxygen atoms in total. The molecule has 1 aliphatic rings. The van der Waals surface area contributed by atoms with Crippen molar-refractivity contribution in [2.24, 2.45) is 0 Å². The summed E-state index contributed by atoms with van der Waals surface area (Å²) >= 11 is 0. The molecule has 1 aliphatic carbocycles. The van der Waals surface area contributed by atoms with Crippen molar-refractivity contribution in [3.05, 3.63) is 215 Å². The molecular formula is C67H72N2O12. The van der Waals surface area contributed by atoms with Crippen LogP contribution in [0.5, 0.6) is 0 Å². The Kier molecular flexibility index (Phi) is 21.3. The highest BCUT2D eigenvalue weighted by Crippen LogP contribution is 2.52. The first-order chi connectivity index (χ1) is 38.9. The third kappa shape index (κ3) is 16.4. The summed E-state index contributed by atoms with van der Waals surface area (Å²) < 4.78 is 44.2. The second kappa shape index (κ2) is 28.7.